The van der Waals surface area contributed by atoms with E-state index < -0.39 is 0 Å². The predicted molar refractivity (Wildman–Crippen MR) is 210 cm³/mol. The molecular formula is C45H50ClFN2O3. The molecule has 1 heterocycles. The van der Waals surface area contributed by atoms with Gasteiger partial charge in [-0.15, -0.1) is 12.4 Å². The zero-order valence-electron chi connectivity index (χ0n) is 30.2. The fourth-order valence-corrected chi connectivity index (χ4v) is 7.85. The molecule has 1 unspecified atom stereocenters. The van der Waals surface area contributed by atoms with Gasteiger partial charge in [0.2, 0.25) is 5.91 Å². The Bertz CT molecular complexity index is 1800. The lowest BCUT2D eigenvalue weighted by Crippen LogP contribution is -2.38. The molecule has 0 spiro atoms. The van der Waals surface area contributed by atoms with E-state index in [1.165, 1.54) is 39.9 Å². The van der Waals surface area contributed by atoms with E-state index in [0.29, 0.717) is 19.4 Å². The summed E-state index contributed by atoms with van der Waals surface area (Å²) in [6.45, 7) is 2.50. The second-order valence-corrected chi connectivity index (χ2v) is 13.5. The topological polar surface area (TPSA) is 50.8 Å². The SMILES string of the molecule is COc1cc2c(cc1OC)C(c1ccccc1)N(CCCC(CCCNC(=O)CCc1ccc(F)cc1)(c1ccccc1)c1ccccc1)CC2.Cl. The van der Waals surface area contributed by atoms with Crippen molar-refractivity contribution in [3.05, 3.63) is 167 Å². The van der Waals surface area contributed by atoms with E-state index in [2.05, 4.69) is 113 Å². The normalized spacial score (nSPS) is 14.2. The quantitative estimate of drug-likeness (QED) is 0.103. The molecule has 0 bridgehead atoms. The molecule has 1 atom stereocenters. The van der Waals surface area contributed by atoms with Gasteiger partial charge in [0.05, 0.1) is 20.3 Å². The second kappa shape index (κ2) is 18.7. The van der Waals surface area contributed by atoms with Crippen LogP contribution >= 0.6 is 12.4 Å². The van der Waals surface area contributed by atoms with Crippen molar-refractivity contribution >= 4 is 18.3 Å². The van der Waals surface area contributed by atoms with Gasteiger partial charge in [-0.25, -0.2) is 4.39 Å². The van der Waals surface area contributed by atoms with E-state index in [4.69, 9.17) is 9.47 Å². The van der Waals surface area contributed by atoms with Crippen LogP contribution in [0, 0.1) is 5.82 Å². The van der Waals surface area contributed by atoms with E-state index in [0.717, 1.165) is 62.3 Å². The van der Waals surface area contributed by atoms with Crippen LogP contribution in [0.4, 0.5) is 4.39 Å². The fourth-order valence-electron chi connectivity index (χ4n) is 7.85. The number of carbonyl (C=O) groups is 1. The average Bonchev–Trinajstić information content (AvgIpc) is 3.18. The zero-order valence-corrected chi connectivity index (χ0v) is 31.0. The van der Waals surface area contributed by atoms with Crippen molar-refractivity contribution in [2.45, 2.75) is 56.4 Å². The predicted octanol–water partition coefficient (Wildman–Crippen LogP) is 9.51. The number of hydrogen-bond acceptors (Lipinski definition) is 4. The number of ether oxygens (including phenoxy) is 2. The van der Waals surface area contributed by atoms with E-state index >= 15 is 0 Å². The molecule has 1 N–H and O–H groups in total. The van der Waals surface area contributed by atoms with Crippen LogP contribution in [-0.4, -0.2) is 44.7 Å². The molecule has 272 valence electrons. The van der Waals surface area contributed by atoms with Crippen molar-refractivity contribution < 1.29 is 18.7 Å². The van der Waals surface area contributed by atoms with Gasteiger partial charge in [-0.3, -0.25) is 9.69 Å². The minimum atomic E-state index is -0.262. The minimum absolute atomic E-state index is 0. The molecule has 52 heavy (non-hydrogen) atoms. The number of aryl methyl sites for hydroxylation is 1. The number of halogens is 2. The maximum atomic E-state index is 13.3. The summed E-state index contributed by atoms with van der Waals surface area (Å²) in [5.74, 6) is 1.29. The van der Waals surface area contributed by atoms with Gasteiger partial charge in [0, 0.05) is 24.9 Å². The fraction of sp³-hybridized carbons (Fsp3) is 0.311. The molecule has 0 radical (unpaired) electrons. The van der Waals surface area contributed by atoms with Crippen LogP contribution in [-0.2, 0) is 23.1 Å². The molecule has 0 aromatic heterocycles. The number of amides is 1. The van der Waals surface area contributed by atoms with Crippen LogP contribution in [0.25, 0.3) is 0 Å². The van der Waals surface area contributed by atoms with Crippen molar-refractivity contribution in [1.29, 1.82) is 0 Å². The Hall–Kier alpha value is -4.65. The highest BCUT2D eigenvalue weighted by Gasteiger charge is 2.35. The maximum absolute atomic E-state index is 13.3. The van der Waals surface area contributed by atoms with E-state index in [1.54, 1.807) is 26.4 Å². The summed E-state index contributed by atoms with van der Waals surface area (Å²) in [5, 5.41) is 3.16. The molecule has 5 aromatic carbocycles. The van der Waals surface area contributed by atoms with Gasteiger partial charge in [-0.1, -0.05) is 103 Å². The first-order chi connectivity index (χ1) is 25.0. The van der Waals surface area contributed by atoms with E-state index in [9.17, 15) is 9.18 Å². The van der Waals surface area contributed by atoms with Crippen LogP contribution < -0.4 is 14.8 Å². The van der Waals surface area contributed by atoms with Crippen molar-refractivity contribution in [3.8, 4) is 11.5 Å². The third kappa shape index (κ3) is 9.22. The lowest BCUT2D eigenvalue weighted by Gasteiger charge is -2.40. The number of nitrogens with zero attached hydrogens (tertiary/aromatic N) is 1. The molecule has 1 aliphatic rings. The summed E-state index contributed by atoms with van der Waals surface area (Å²) in [6, 6.07) is 43.4. The molecule has 0 saturated carbocycles. The molecule has 1 amide bonds. The smallest absolute Gasteiger partial charge is 0.220 e. The van der Waals surface area contributed by atoms with Crippen LogP contribution in [0.15, 0.2) is 127 Å². The first-order valence-electron chi connectivity index (χ1n) is 18.2. The van der Waals surface area contributed by atoms with Crippen LogP contribution in [0.3, 0.4) is 0 Å². The first-order valence-corrected chi connectivity index (χ1v) is 18.2. The van der Waals surface area contributed by atoms with Gasteiger partial charge in [0.1, 0.15) is 5.82 Å². The molecule has 5 aromatic rings. The van der Waals surface area contributed by atoms with Gasteiger partial charge in [-0.2, -0.15) is 0 Å². The molecule has 6 rings (SSSR count). The Morgan fingerprint density at radius 1 is 0.788 bits per heavy atom. The summed E-state index contributed by atoms with van der Waals surface area (Å²) in [4.78, 5) is 15.4. The summed E-state index contributed by atoms with van der Waals surface area (Å²) in [6.07, 6.45) is 5.64. The number of benzene rings is 5. The van der Waals surface area contributed by atoms with Gasteiger partial charge >= 0.3 is 0 Å². The van der Waals surface area contributed by atoms with E-state index in [-0.39, 0.29) is 35.6 Å². The van der Waals surface area contributed by atoms with E-state index in [1.807, 2.05) is 0 Å². The van der Waals surface area contributed by atoms with Crippen molar-refractivity contribution in [2.75, 3.05) is 33.9 Å². The number of fused-ring (bicyclic) bond motifs is 1. The molecular weight excluding hydrogens is 671 g/mol. The van der Waals surface area contributed by atoms with Crippen molar-refractivity contribution in [1.82, 2.24) is 10.2 Å². The van der Waals surface area contributed by atoms with Crippen LogP contribution in [0.1, 0.15) is 71.5 Å². The second-order valence-electron chi connectivity index (χ2n) is 13.5. The highest BCUT2D eigenvalue weighted by atomic mass is 35.5. The minimum Gasteiger partial charge on any atom is -0.493 e. The Morgan fingerprint density at radius 2 is 1.37 bits per heavy atom. The monoisotopic (exact) mass is 720 g/mol. The Balaban J connectivity index is 0.00000523. The van der Waals surface area contributed by atoms with Gasteiger partial charge in [-0.05, 0) is 103 Å². The summed E-state index contributed by atoms with van der Waals surface area (Å²) in [7, 11) is 3.40. The summed E-state index contributed by atoms with van der Waals surface area (Å²) < 4.78 is 24.7. The maximum Gasteiger partial charge on any atom is 0.220 e. The Labute approximate surface area is 314 Å². The van der Waals surface area contributed by atoms with Crippen LogP contribution in [0.2, 0.25) is 0 Å². The first kappa shape index (κ1) is 38.6. The largest absolute Gasteiger partial charge is 0.493 e. The highest BCUT2D eigenvalue weighted by Crippen LogP contribution is 2.43. The molecule has 0 fully saturated rings. The molecule has 5 nitrogen and oxygen atoms in total. The van der Waals surface area contributed by atoms with Crippen LogP contribution in [0.5, 0.6) is 11.5 Å². The molecule has 0 aliphatic carbocycles. The Kier molecular flexibility index (Phi) is 13.9. The average molecular weight is 721 g/mol. The number of rotatable bonds is 16. The lowest BCUT2D eigenvalue weighted by molar-refractivity contribution is -0.121. The molecule has 1 aliphatic heterocycles. The standard InChI is InChI=1S/C45H49FN2O3.ClH/c1-50-41-32-36-26-31-48(44(35-14-6-3-7-15-35)40(36)33-42(41)51-2)30-13-28-45(37-16-8-4-9-17-37,38-18-10-5-11-19-38)27-12-29-47-43(49)25-22-34-20-23-39(46)24-21-34;/h3-11,14-21,23-24,32-33,44H,12-13,22,25-31H2,1-2H3,(H,47,49);1H. The molecule has 7 heteroatoms. The van der Waals surface area contributed by atoms with Gasteiger partial charge in [0.25, 0.3) is 0 Å². The number of hydrogen-bond donors (Lipinski definition) is 1. The zero-order chi connectivity index (χ0) is 35.5. The lowest BCUT2D eigenvalue weighted by atomic mass is 9.68. The number of nitrogens with one attached hydrogen (secondary N) is 1. The molecule has 0 saturated heterocycles. The van der Waals surface area contributed by atoms with Crippen molar-refractivity contribution in [2.24, 2.45) is 0 Å². The Morgan fingerprint density at radius 3 is 1.98 bits per heavy atom. The highest BCUT2D eigenvalue weighted by molar-refractivity contribution is 5.85. The number of carbonyl (C=O) groups excluding carboxylic acids is 1. The third-order valence-corrected chi connectivity index (χ3v) is 10.4. The summed E-state index contributed by atoms with van der Waals surface area (Å²) in [5.41, 5.74) is 7.22. The van der Waals surface area contributed by atoms with Gasteiger partial charge in [0.15, 0.2) is 11.5 Å². The number of methoxy groups -OCH3 is 2. The van der Waals surface area contributed by atoms with Crippen molar-refractivity contribution in [3.63, 3.8) is 0 Å². The van der Waals surface area contributed by atoms with Gasteiger partial charge < -0.3 is 14.8 Å². The summed E-state index contributed by atoms with van der Waals surface area (Å²) >= 11 is 0. The third-order valence-electron chi connectivity index (χ3n) is 10.4.